The highest BCUT2D eigenvalue weighted by Crippen LogP contribution is 2.20. The largest absolute Gasteiger partial charge is 0.464 e. The molecule has 0 fully saturated rings. The molecule has 0 unspecified atom stereocenters. The average Bonchev–Trinajstić information content (AvgIpc) is 2.68. The fraction of sp³-hybridized carbons (Fsp3) is 0.667. The minimum absolute atomic E-state index is 0.0305. The van der Waals surface area contributed by atoms with E-state index in [0.717, 1.165) is 12.8 Å². The molecular formula is C12H22N2O3S. The number of rotatable bonds is 7. The summed E-state index contributed by atoms with van der Waals surface area (Å²) in [6.07, 6.45) is 1.55. The third kappa shape index (κ3) is 3.57. The minimum Gasteiger partial charge on any atom is -0.464 e. The Kier molecular flexibility index (Phi) is 5.37. The zero-order valence-corrected chi connectivity index (χ0v) is 12.2. The summed E-state index contributed by atoms with van der Waals surface area (Å²) in [6, 6.07) is 1.55. The quantitative estimate of drug-likeness (QED) is 0.795. The first-order chi connectivity index (χ1) is 8.44. The van der Waals surface area contributed by atoms with Crippen molar-refractivity contribution in [1.29, 1.82) is 0 Å². The van der Waals surface area contributed by atoms with Gasteiger partial charge in [0, 0.05) is 12.1 Å². The molecular weight excluding hydrogens is 252 g/mol. The van der Waals surface area contributed by atoms with Crippen molar-refractivity contribution in [3.63, 3.8) is 0 Å². The van der Waals surface area contributed by atoms with Gasteiger partial charge in [-0.15, -0.1) is 0 Å². The maximum absolute atomic E-state index is 12.2. The average molecular weight is 274 g/mol. The van der Waals surface area contributed by atoms with Crippen LogP contribution < -0.4 is 10.0 Å². The van der Waals surface area contributed by atoms with E-state index in [0.29, 0.717) is 18.1 Å². The summed E-state index contributed by atoms with van der Waals surface area (Å²) < 4.78 is 32.5. The maximum Gasteiger partial charge on any atom is 0.244 e. The molecule has 0 aliphatic rings. The third-order valence-corrected chi connectivity index (χ3v) is 4.50. The van der Waals surface area contributed by atoms with Crippen LogP contribution in [0.1, 0.15) is 38.2 Å². The van der Waals surface area contributed by atoms with Crippen LogP contribution in [0.25, 0.3) is 0 Å². The van der Waals surface area contributed by atoms with Gasteiger partial charge in [-0.2, -0.15) is 0 Å². The van der Waals surface area contributed by atoms with Crippen molar-refractivity contribution >= 4 is 10.0 Å². The number of sulfonamides is 1. The SMILES string of the molecule is CCC(CC)NS(=O)(=O)c1cc(CNC)oc1C. The molecule has 0 aromatic carbocycles. The summed E-state index contributed by atoms with van der Waals surface area (Å²) in [7, 11) is -1.70. The first-order valence-electron chi connectivity index (χ1n) is 6.20. The van der Waals surface area contributed by atoms with Gasteiger partial charge in [0.2, 0.25) is 10.0 Å². The van der Waals surface area contributed by atoms with E-state index in [1.807, 2.05) is 13.8 Å². The molecule has 104 valence electrons. The van der Waals surface area contributed by atoms with E-state index >= 15 is 0 Å². The van der Waals surface area contributed by atoms with Crippen LogP contribution in [-0.4, -0.2) is 21.5 Å². The Morgan fingerprint density at radius 3 is 2.44 bits per heavy atom. The zero-order chi connectivity index (χ0) is 13.8. The number of nitrogens with one attached hydrogen (secondary N) is 2. The van der Waals surface area contributed by atoms with Crippen LogP contribution in [0.3, 0.4) is 0 Å². The van der Waals surface area contributed by atoms with Crippen LogP contribution in [0.5, 0.6) is 0 Å². The lowest BCUT2D eigenvalue weighted by molar-refractivity contribution is 0.465. The van der Waals surface area contributed by atoms with E-state index in [4.69, 9.17) is 4.42 Å². The monoisotopic (exact) mass is 274 g/mol. The molecule has 5 nitrogen and oxygen atoms in total. The summed E-state index contributed by atoms with van der Waals surface area (Å²) >= 11 is 0. The minimum atomic E-state index is -3.48. The fourth-order valence-electron chi connectivity index (χ4n) is 1.79. The fourth-order valence-corrected chi connectivity index (χ4v) is 3.40. The molecule has 0 radical (unpaired) electrons. The van der Waals surface area contributed by atoms with Gasteiger partial charge in [0.1, 0.15) is 16.4 Å². The van der Waals surface area contributed by atoms with Gasteiger partial charge < -0.3 is 9.73 Å². The number of aryl methyl sites for hydroxylation is 1. The Bertz CT molecular complexity index is 476. The van der Waals surface area contributed by atoms with Crippen molar-refractivity contribution in [2.24, 2.45) is 0 Å². The van der Waals surface area contributed by atoms with Crippen molar-refractivity contribution < 1.29 is 12.8 Å². The molecule has 1 heterocycles. The Morgan fingerprint density at radius 1 is 1.33 bits per heavy atom. The molecule has 1 aromatic heterocycles. The van der Waals surface area contributed by atoms with Gasteiger partial charge in [-0.1, -0.05) is 13.8 Å². The van der Waals surface area contributed by atoms with Gasteiger partial charge >= 0.3 is 0 Å². The molecule has 0 atom stereocenters. The smallest absolute Gasteiger partial charge is 0.244 e. The Labute approximate surface area is 109 Å². The molecule has 0 bridgehead atoms. The molecule has 6 heteroatoms. The Morgan fingerprint density at radius 2 is 1.94 bits per heavy atom. The van der Waals surface area contributed by atoms with E-state index in [9.17, 15) is 8.42 Å². The summed E-state index contributed by atoms with van der Waals surface area (Å²) in [5.41, 5.74) is 0. The van der Waals surface area contributed by atoms with Crippen LogP contribution >= 0.6 is 0 Å². The topological polar surface area (TPSA) is 71.3 Å². The molecule has 1 rings (SSSR count). The Balaban J connectivity index is 2.97. The van der Waals surface area contributed by atoms with Crippen LogP contribution in [-0.2, 0) is 16.6 Å². The van der Waals surface area contributed by atoms with Gasteiger partial charge in [0.05, 0.1) is 6.54 Å². The summed E-state index contributed by atoms with van der Waals surface area (Å²) in [6.45, 7) is 6.11. The van der Waals surface area contributed by atoms with Crippen molar-refractivity contribution in [3.05, 3.63) is 17.6 Å². The first kappa shape index (κ1) is 15.2. The van der Waals surface area contributed by atoms with E-state index in [2.05, 4.69) is 10.0 Å². The standard InChI is InChI=1S/C12H22N2O3S/c1-5-10(6-2)14-18(15,16)12-7-11(8-13-4)17-9(12)3/h7,10,13-14H,5-6,8H2,1-4H3. The van der Waals surface area contributed by atoms with Gasteiger partial charge in [0.15, 0.2) is 0 Å². The van der Waals surface area contributed by atoms with Crippen molar-refractivity contribution in [1.82, 2.24) is 10.0 Å². The molecule has 0 aliphatic heterocycles. The highest BCUT2D eigenvalue weighted by atomic mass is 32.2. The van der Waals surface area contributed by atoms with E-state index in [1.165, 1.54) is 0 Å². The number of hydrogen-bond acceptors (Lipinski definition) is 4. The third-order valence-electron chi connectivity index (χ3n) is 2.87. The van der Waals surface area contributed by atoms with Crippen LogP contribution in [0.2, 0.25) is 0 Å². The molecule has 0 aliphatic carbocycles. The lowest BCUT2D eigenvalue weighted by atomic mass is 10.2. The Hall–Kier alpha value is -0.850. The molecule has 0 amide bonds. The van der Waals surface area contributed by atoms with Crippen LogP contribution in [0.15, 0.2) is 15.4 Å². The molecule has 0 saturated carbocycles. The summed E-state index contributed by atoms with van der Waals surface area (Å²) in [5, 5.41) is 2.93. The molecule has 2 N–H and O–H groups in total. The van der Waals surface area contributed by atoms with Gasteiger partial charge in [-0.25, -0.2) is 13.1 Å². The lowest BCUT2D eigenvalue weighted by Gasteiger charge is -2.14. The van der Waals surface area contributed by atoms with E-state index < -0.39 is 10.0 Å². The summed E-state index contributed by atoms with van der Waals surface area (Å²) in [5.74, 6) is 1.05. The second kappa shape index (κ2) is 6.36. The number of hydrogen-bond donors (Lipinski definition) is 2. The highest BCUT2D eigenvalue weighted by Gasteiger charge is 2.23. The zero-order valence-electron chi connectivity index (χ0n) is 11.4. The van der Waals surface area contributed by atoms with E-state index in [1.54, 1.807) is 20.0 Å². The van der Waals surface area contributed by atoms with Gasteiger partial charge in [-0.3, -0.25) is 0 Å². The van der Waals surface area contributed by atoms with Crippen LogP contribution in [0, 0.1) is 6.92 Å². The predicted octanol–water partition coefficient (Wildman–Crippen LogP) is 1.77. The lowest BCUT2D eigenvalue weighted by Crippen LogP contribution is -2.33. The molecule has 0 saturated heterocycles. The molecule has 18 heavy (non-hydrogen) atoms. The van der Waals surface area contributed by atoms with E-state index in [-0.39, 0.29) is 10.9 Å². The molecule has 0 spiro atoms. The number of furan rings is 1. The predicted molar refractivity (Wildman–Crippen MR) is 70.9 cm³/mol. The van der Waals surface area contributed by atoms with Crippen molar-refractivity contribution in [2.75, 3.05) is 7.05 Å². The van der Waals surface area contributed by atoms with Crippen molar-refractivity contribution in [3.8, 4) is 0 Å². The van der Waals surface area contributed by atoms with Gasteiger partial charge in [-0.05, 0) is 26.8 Å². The summed E-state index contributed by atoms with van der Waals surface area (Å²) in [4.78, 5) is 0.236. The van der Waals surface area contributed by atoms with Crippen LogP contribution in [0.4, 0.5) is 0 Å². The highest BCUT2D eigenvalue weighted by molar-refractivity contribution is 7.89. The van der Waals surface area contributed by atoms with Crippen molar-refractivity contribution in [2.45, 2.75) is 51.1 Å². The normalized spacial score (nSPS) is 12.3. The maximum atomic E-state index is 12.2. The molecule has 1 aromatic rings. The first-order valence-corrected chi connectivity index (χ1v) is 7.69. The van der Waals surface area contributed by atoms with Gasteiger partial charge in [0.25, 0.3) is 0 Å². The second-order valence-electron chi connectivity index (χ2n) is 4.30. The second-order valence-corrected chi connectivity index (χ2v) is 5.98.